The molecule has 0 saturated heterocycles. The molecule has 2 rings (SSSR count). The molecule has 6 heteroatoms. The van der Waals surface area contributed by atoms with Gasteiger partial charge in [0.2, 0.25) is 0 Å². The highest BCUT2D eigenvalue weighted by Gasteiger charge is 2.35. The number of hydrogen-bond donors (Lipinski definition) is 1. The van der Waals surface area contributed by atoms with Gasteiger partial charge in [-0.1, -0.05) is 0 Å². The number of halogens is 4. The summed E-state index contributed by atoms with van der Waals surface area (Å²) in [5.41, 5.74) is -0.981. The second kappa shape index (κ2) is 4.03. The Balaban J connectivity index is 2.59. The molecule has 1 aromatic rings. The Morgan fingerprint density at radius 1 is 1.29 bits per heavy atom. The molecular formula is C11H8F4O2. The predicted octanol–water partition coefficient (Wildman–Crippen LogP) is 2.61. The van der Waals surface area contributed by atoms with Crippen LogP contribution in [0.4, 0.5) is 17.6 Å². The lowest BCUT2D eigenvalue weighted by Crippen LogP contribution is -2.13. The molecule has 17 heavy (non-hydrogen) atoms. The summed E-state index contributed by atoms with van der Waals surface area (Å²) >= 11 is 0. The Hall–Kier alpha value is -1.56. The van der Waals surface area contributed by atoms with Crippen molar-refractivity contribution in [2.75, 3.05) is 13.2 Å². The number of ether oxygens (including phenoxy) is 1. The van der Waals surface area contributed by atoms with Gasteiger partial charge in [0.05, 0.1) is 12.2 Å². The van der Waals surface area contributed by atoms with Crippen LogP contribution in [0.1, 0.15) is 11.1 Å². The molecule has 0 unspecified atom stereocenters. The maximum absolute atomic E-state index is 13.2. The van der Waals surface area contributed by atoms with Crippen LogP contribution in [-0.4, -0.2) is 18.3 Å². The summed E-state index contributed by atoms with van der Waals surface area (Å²) < 4.78 is 55.7. The molecule has 0 bridgehead atoms. The van der Waals surface area contributed by atoms with Crippen LogP contribution in [0.15, 0.2) is 18.2 Å². The van der Waals surface area contributed by atoms with Gasteiger partial charge < -0.3 is 9.84 Å². The first-order chi connectivity index (χ1) is 7.93. The third-order valence-corrected chi connectivity index (χ3v) is 2.46. The fourth-order valence-electron chi connectivity index (χ4n) is 1.63. The minimum absolute atomic E-state index is 0.0158. The van der Waals surface area contributed by atoms with Gasteiger partial charge in [0.25, 0.3) is 0 Å². The van der Waals surface area contributed by atoms with Gasteiger partial charge in [-0.15, -0.1) is 0 Å². The fraction of sp³-hybridized carbons (Fsp3) is 0.273. The summed E-state index contributed by atoms with van der Waals surface area (Å²) in [6, 6.07) is 1.35. The van der Waals surface area contributed by atoms with Crippen molar-refractivity contribution in [3.8, 4) is 5.75 Å². The first-order valence-electron chi connectivity index (χ1n) is 4.77. The van der Waals surface area contributed by atoms with Crippen LogP contribution < -0.4 is 4.74 Å². The molecule has 92 valence electrons. The van der Waals surface area contributed by atoms with Gasteiger partial charge in [-0.05, 0) is 17.7 Å². The number of benzene rings is 1. The average Bonchev–Trinajstić information content (AvgIpc) is 2.25. The zero-order chi connectivity index (χ0) is 12.6. The van der Waals surface area contributed by atoms with Crippen molar-refractivity contribution < 1.29 is 27.4 Å². The molecule has 0 saturated carbocycles. The van der Waals surface area contributed by atoms with E-state index in [0.717, 1.165) is 0 Å². The Labute approximate surface area is 94.1 Å². The molecule has 2 nitrogen and oxygen atoms in total. The summed E-state index contributed by atoms with van der Waals surface area (Å²) in [7, 11) is 0. The molecule has 1 aromatic carbocycles. The zero-order valence-electron chi connectivity index (χ0n) is 8.51. The van der Waals surface area contributed by atoms with Crippen LogP contribution in [-0.2, 0) is 6.18 Å². The normalized spacial score (nSPS) is 15.0. The monoisotopic (exact) mass is 248 g/mol. The van der Waals surface area contributed by atoms with Crippen LogP contribution in [0.3, 0.4) is 0 Å². The highest BCUT2D eigenvalue weighted by Crippen LogP contribution is 2.38. The molecule has 1 heterocycles. The Morgan fingerprint density at radius 3 is 2.59 bits per heavy atom. The van der Waals surface area contributed by atoms with Gasteiger partial charge in [0.1, 0.15) is 18.2 Å². The van der Waals surface area contributed by atoms with E-state index in [4.69, 9.17) is 9.84 Å². The fourth-order valence-corrected chi connectivity index (χ4v) is 1.63. The van der Waals surface area contributed by atoms with Crippen LogP contribution in [0.5, 0.6) is 5.75 Å². The number of hydrogen-bond acceptors (Lipinski definition) is 2. The van der Waals surface area contributed by atoms with Crippen LogP contribution in [0, 0.1) is 5.82 Å². The van der Waals surface area contributed by atoms with E-state index in [1.165, 1.54) is 6.08 Å². The second-order valence-electron chi connectivity index (χ2n) is 3.52. The van der Waals surface area contributed by atoms with Crippen molar-refractivity contribution in [2.24, 2.45) is 0 Å². The van der Waals surface area contributed by atoms with Crippen molar-refractivity contribution >= 4 is 5.57 Å². The van der Waals surface area contributed by atoms with Crippen molar-refractivity contribution in [1.29, 1.82) is 0 Å². The van der Waals surface area contributed by atoms with Crippen molar-refractivity contribution in [3.63, 3.8) is 0 Å². The maximum Gasteiger partial charge on any atom is 0.419 e. The lowest BCUT2D eigenvalue weighted by molar-refractivity contribution is -0.140. The lowest BCUT2D eigenvalue weighted by Gasteiger charge is -2.19. The molecule has 0 aliphatic carbocycles. The number of alkyl halides is 3. The Kier molecular flexibility index (Phi) is 2.82. The summed E-state index contributed by atoms with van der Waals surface area (Å²) in [6.07, 6.45) is -3.31. The first-order valence-corrected chi connectivity index (χ1v) is 4.77. The molecule has 0 atom stereocenters. The van der Waals surface area contributed by atoms with Crippen molar-refractivity contribution in [1.82, 2.24) is 0 Å². The van der Waals surface area contributed by atoms with Crippen LogP contribution >= 0.6 is 0 Å². The van der Waals surface area contributed by atoms with Gasteiger partial charge in [-0.25, -0.2) is 4.39 Å². The van der Waals surface area contributed by atoms with E-state index in [0.29, 0.717) is 17.7 Å². The predicted molar refractivity (Wildman–Crippen MR) is 52.0 cm³/mol. The third kappa shape index (κ3) is 2.12. The quantitative estimate of drug-likeness (QED) is 0.774. The average molecular weight is 248 g/mol. The smallest absolute Gasteiger partial charge is 0.419 e. The molecule has 0 fully saturated rings. The largest absolute Gasteiger partial charge is 0.489 e. The standard InChI is InChI=1S/C11H8F4O2/c12-9-4-10-7(3-8(9)11(13,14)15)6(5-16)1-2-17-10/h1,3-4,16H,2,5H2. The summed E-state index contributed by atoms with van der Waals surface area (Å²) in [5, 5.41) is 9.00. The Morgan fingerprint density at radius 2 is 2.00 bits per heavy atom. The van der Waals surface area contributed by atoms with E-state index in [-0.39, 0.29) is 17.9 Å². The highest BCUT2D eigenvalue weighted by molar-refractivity contribution is 5.73. The molecule has 0 aromatic heterocycles. The minimum atomic E-state index is -4.77. The third-order valence-electron chi connectivity index (χ3n) is 2.46. The summed E-state index contributed by atoms with van der Waals surface area (Å²) in [4.78, 5) is 0. The maximum atomic E-state index is 13.2. The van der Waals surface area contributed by atoms with E-state index < -0.39 is 24.2 Å². The van der Waals surface area contributed by atoms with E-state index in [1.54, 1.807) is 0 Å². The van der Waals surface area contributed by atoms with Crippen molar-refractivity contribution in [2.45, 2.75) is 6.18 Å². The minimum Gasteiger partial charge on any atom is -0.489 e. The summed E-state index contributed by atoms with van der Waals surface area (Å²) in [5.74, 6) is -1.36. The molecule has 1 aliphatic heterocycles. The van der Waals surface area contributed by atoms with E-state index in [1.807, 2.05) is 0 Å². The number of rotatable bonds is 1. The lowest BCUT2D eigenvalue weighted by atomic mass is 10.00. The SMILES string of the molecule is OCC1=CCOc2cc(F)c(C(F)(F)F)cc21. The molecule has 1 N–H and O–H groups in total. The van der Waals surface area contributed by atoms with Gasteiger partial charge in [0, 0.05) is 11.6 Å². The molecule has 0 radical (unpaired) electrons. The number of aliphatic hydroxyl groups is 1. The van der Waals surface area contributed by atoms with Crippen LogP contribution in [0.25, 0.3) is 5.57 Å². The molecule has 0 amide bonds. The molecular weight excluding hydrogens is 240 g/mol. The van der Waals surface area contributed by atoms with E-state index in [9.17, 15) is 17.6 Å². The summed E-state index contributed by atoms with van der Waals surface area (Å²) in [6.45, 7) is -0.313. The number of aliphatic hydroxyl groups excluding tert-OH is 1. The zero-order valence-corrected chi connectivity index (χ0v) is 8.51. The van der Waals surface area contributed by atoms with E-state index >= 15 is 0 Å². The van der Waals surface area contributed by atoms with Crippen LogP contribution in [0.2, 0.25) is 0 Å². The topological polar surface area (TPSA) is 29.5 Å². The van der Waals surface area contributed by atoms with Gasteiger partial charge >= 0.3 is 6.18 Å². The number of fused-ring (bicyclic) bond motifs is 1. The first kappa shape index (κ1) is 11.9. The highest BCUT2D eigenvalue weighted by atomic mass is 19.4. The molecule has 0 spiro atoms. The van der Waals surface area contributed by atoms with Crippen molar-refractivity contribution in [3.05, 3.63) is 35.2 Å². The Bertz CT molecular complexity index is 477. The molecule has 1 aliphatic rings. The second-order valence-corrected chi connectivity index (χ2v) is 3.52. The van der Waals surface area contributed by atoms with Gasteiger partial charge in [-0.3, -0.25) is 0 Å². The van der Waals surface area contributed by atoms with Gasteiger partial charge in [0.15, 0.2) is 0 Å². The van der Waals surface area contributed by atoms with Gasteiger partial charge in [-0.2, -0.15) is 13.2 Å². The van der Waals surface area contributed by atoms with E-state index in [2.05, 4.69) is 0 Å².